The third-order valence-corrected chi connectivity index (χ3v) is 4.36. The molecule has 1 N–H and O–H groups in total. The Labute approximate surface area is 160 Å². The molecule has 0 saturated carbocycles. The van der Waals surface area contributed by atoms with Gasteiger partial charge in [-0.3, -0.25) is 9.59 Å². The van der Waals surface area contributed by atoms with Crippen LogP contribution < -0.4 is 10.1 Å². The molecule has 0 fully saturated rings. The minimum atomic E-state index is -0.385. The molecule has 0 radical (unpaired) electrons. The van der Waals surface area contributed by atoms with Gasteiger partial charge in [-0.2, -0.15) is 0 Å². The first-order valence-electron chi connectivity index (χ1n) is 9.16. The van der Waals surface area contributed by atoms with Gasteiger partial charge in [0.2, 0.25) is 0 Å². The second-order valence-electron chi connectivity index (χ2n) is 6.45. The van der Waals surface area contributed by atoms with Crippen molar-refractivity contribution in [3.8, 4) is 5.75 Å². The lowest BCUT2D eigenvalue weighted by atomic mass is 10.0. The van der Waals surface area contributed by atoms with Crippen molar-refractivity contribution in [3.05, 3.63) is 65.2 Å². The molecule has 0 spiro atoms. The molecule has 0 aliphatic rings. The Kier molecular flexibility index (Phi) is 7.86. The van der Waals surface area contributed by atoms with Gasteiger partial charge in [-0.15, -0.1) is 0 Å². The average molecular weight is 369 g/mol. The molecule has 27 heavy (non-hydrogen) atoms. The summed E-state index contributed by atoms with van der Waals surface area (Å²) in [6, 6.07) is 15.5. The zero-order chi connectivity index (χ0) is 19.6. The number of nitrogens with one attached hydrogen (secondary N) is 1. The van der Waals surface area contributed by atoms with Crippen molar-refractivity contribution in [1.29, 1.82) is 0 Å². The second kappa shape index (κ2) is 10.4. The Morgan fingerprint density at radius 1 is 1.04 bits per heavy atom. The Balaban J connectivity index is 1.74. The molecule has 0 aromatic heterocycles. The first-order chi connectivity index (χ1) is 13.0. The Bertz CT molecular complexity index is 738. The molecular weight excluding hydrogens is 342 g/mol. The van der Waals surface area contributed by atoms with Gasteiger partial charge >= 0.3 is 5.97 Å². The predicted molar refractivity (Wildman–Crippen MR) is 105 cm³/mol. The maximum atomic E-state index is 12.1. The van der Waals surface area contributed by atoms with Crippen LogP contribution in [0.5, 0.6) is 5.75 Å². The van der Waals surface area contributed by atoms with E-state index in [2.05, 4.69) is 5.32 Å². The summed E-state index contributed by atoms with van der Waals surface area (Å²) in [6.45, 7) is 3.77. The summed E-state index contributed by atoms with van der Waals surface area (Å²) in [5, 5.41) is 2.91. The summed E-state index contributed by atoms with van der Waals surface area (Å²) in [7, 11) is 1.61. The Morgan fingerprint density at radius 2 is 1.70 bits per heavy atom. The van der Waals surface area contributed by atoms with Crippen LogP contribution in [0.3, 0.4) is 0 Å². The second-order valence-corrected chi connectivity index (χ2v) is 6.45. The lowest BCUT2D eigenvalue weighted by Gasteiger charge is -2.17. The van der Waals surface area contributed by atoms with Crippen molar-refractivity contribution in [2.45, 2.75) is 39.2 Å². The topological polar surface area (TPSA) is 64.6 Å². The van der Waals surface area contributed by atoms with Gasteiger partial charge in [-0.25, -0.2) is 0 Å². The van der Waals surface area contributed by atoms with Crippen LogP contribution in [0.1, 0.15) is 42.5 Å². The molecule has 0 heterocycles. The Morgan fingerprint density at radius 3 is 2.30 bits per heavy atom. The van der Waals surface area contributed by atoms with Crippen LogP contribution in [0.15, 0.2) is 48.5 Å². The van der Waals surface area contributed by atoms with Gasteiger partial charge in [-0.1, -0.05) is 48.9 Å². The molecule has 0 bridgehead atoms. The first-order valence-corrected chi connectivity index (χ1v) is 9.16. The summed E-state index contributed by atoms with van der Waals surface area (Å²) in [6.07, 6.45) is 1.56. The predicted octanol–water partition coefficient (Wildman–Crippen LogP) is 3.75. The number of rotatable bonds is 9. The van der Waals surface area contributed by atoms with Crippen molar-refractivity contribution in [2.75, 3.05) is 13.7 Å². The molecule has 2 aromatic carbocycles. The van der Waals surface area contributed by atoms with Crippen LogP contribution in [-0.2, 0) is 20.7 Å². The highest BCUT2D eigenvalue weighted by atomic mass is 16.5. The fraction of sp³-hybridized carbons (Fsp3) is 0.364. The number of methoxy groups -OCH3 is 1. The van der Waals surface area contributed by atoms with Gasteiger partial charge in [0.05, 0.1) is 13.2 Å². The van der Waals surface area contributed by atoms with Crippen molar-refractivity contribution >= 4 is 11.9 Å². The molecule has 5 heteroatoms. The van der Waals surface area contributed by atoms with E-state index in [-0.39, 0.29) is 30.9 Å². The lowest BCUT2D eigenvalue weighted by Crippen LogP contribution is -2.32. The number of aryl methyl sites for hydroxylation is 2. The highest BCUT2D eigenvalue weighted by Gasteiger charge is 2.14. The summed E-state index contributed by atoms with van der Waals surface area (Å²) in [4.78, 5) is 24.0. The van der Waals surface area contributed by atoms with Gasteiger partial charge in [0.25, 0.3) is 5.91 Å². The van der Waals surface area contributed by atoms with E-state index in [1.165, 1.54) is 5.56 Å². The quantitative estimate of drug-likeness (QED) is 0.684. The summed E-state index contributed by atoms with van der Waals surface area (Å²) in [5.41, 5.74) is 3.23. The van der Waals surface area contributed by atoms with Crippen molar-refractivity contribution in [3.63, 3.8) is 0 Å². The standard InChI is InChI=1S/C22H27NO4/c1-4-20(18-10-5-16(2)6-11-18)23-21(24)15-27-22(25)14-9-17-7-12-19(26-3)13-8-17/h5-8,10-13,20H,4,9,14-15H2,1-3H3,(H,23,24)/t20-/m0/s1. The number of amides is 1. The molecule has 0 unspecified atom stereocenters. The monoisotopic (exact) mass is 369 g/mol. The number of esters is 1. The largest absolute Gasteiger partial charge is 0.497 e. The fourth-order valence-electron chi connectivity index (χ4n) is 2.71. The van der Waals surface area contributed by atoms with E-state index in [4.69, 9.17) is 9.47 Å². The van der Waals surface area contributed by atoms with Crippen LogP contribution in [0, 0.1) is 6.92 Å². The SMILES string of the molecule is CC[C@H](NC(=O)COC(=O)CCc1ccc(OC)cc1)c1ccc(C)cc1. The maximum absolute atomic E-state index is 12.1. The van der Waals surface area contributed by atoms with Gasteiger partial charge < -0.3 is 14.8 Å². The Hall–Kier alpha value is -2.82. The average Bonchev–Trinajstić information content (AvgIpc) is 2.70. The van der Waals surface area contributed by atoms with E-state index >= 15 is 0 Å². The maximum Gasteiger partial charge on any atom is 0.306 e. The number of benzene rings is 2. The fourth-order valence-corrected chi connectivity index (χ4v) is 2.71. The number of hydrogen-bond donors (Lipinski definition) is 1. The minimum absolute atomic E-state index is 0.0869. The minimum Gasteiger partial charge on any atom is -0.497 e. The lowest BCUT2D eigenvalue weighted by molar-refractivity contribution is -0.148. The number of hydrogen-bond acceptors (Lipinski definition) is 4. The smallest absolute Gasteiger partial charge is 0.306 e. The summed E-state index contributed by atoms with van der Waals surface area (Å²) < 4.78 is 10.2. The summed E-state index contributed by atoms with van der Waals surface area (Å²) >= 11 is 0. The van der Waals surface area contributed by atoms with E-state index < -0.39 is 0 Å². The molecule has 1 amide bonds. The van der Waals surface area contributed by atoms with Crippen molar-refractivity contribution in [1.82, 2.24) is 5.32 Å². The van der Waals surface area contributed by atoms with Crippen LogP contribution in [-0.4, -0.2) is 25.6 Å². The van der Waals surface area contributed by atoms with Gasteiger partial charge in [0.1, 0.15) is 5.75 Å². The van der Waals surface area contributed by atoms with Crippen LogP contribution in [0.4, 0.5) is 0 Å². The normalized spacial score (nSPS) is 11.5. The van der Waals surface area contributed by atoms with E-state index in [0.717, 1.165) is 23.3 Å². The third kappa shape index (κ3) is 6.77. The van der Waals surface area contributed by atoms with Crippen molar-refractivity contribution in [2.24, 2.45) is 0 Å². The highest BCUT2D eigenvalue weighted by Crippen LogP contribution is 2.17. The zero-order valence-electron chi connectivity index (χ0n) is 16.2. The van der Waals surface area contributed by atoms with E-state index in [1.807, 2.05) is 62.4 Å². The van der Waals surface area contributed by atoms with Crippen LogP contribution in [0.25, 0.3) is 0 Å². The molecule has 0 aliphatic carbocycles. The van der Waals surface area contributed by atoms with Gasteiger partial charge in [0.15, 0.2) is 6.61 Å². The molecule has 2 rings (SSSR count). The number of carbonyl (C=O) groups is 2. The molecule has 0 aliphatic heterocycles. The van der Waals surface area contributed by atoms with Crippen LogP contribution >= 0.6 is 0 Å². The molecular formula is C22H27NO4. The van der Waals surface area contributed by atoms with Crippen LogP contribution in [0.2, 0.25) is 0 Å². The zero-order valence-corrected chi connectivity index (χ0v) is 16.2. The first kappa shape index (κ1) is 20.5. The molecule has 2 aromatic rings. The van der Waals surface area contributed by atoms with E-state index in [0.29, 0.717) is 6.42 Å². The van der Waals surface area contributed by atoms with Crippen molar-refractivity contribution < 1.29 is 19.1 Å². The molecule has 5 nitrogen and oxygen atoms in total. The molecule has 1 atom stereocenters. The van der Waals surface area contributed by atoms with Gasteiger partial charge in [0, 0.05) is 6.42 Å². The van der Waals surface area contributed by atoms with Gasteiger partial charge in [-0.05, 0) is 43.0 Å². The summed E-state index contributed by atoms with van der Waals surface area (Å²) in [5.74, 6) is 0.0987. The highest BCUT2D eigenvalue weighted by molar-refractivity contribution is 5.80. The molecule has 144 valence electrons. The number of ether oxygens (including phenoxy) is 2. The third-order valence-electron chi connectivity index (χ3n) is 4.36. The molecule has 0 saturated heterocycles. The van der Waals surface area contributed by atoms with E-state index in [1.54, 1.807) is 7.11 Å². The van der Waals surface area contributed by atoms with E-state index in [9.17, 15) is 9.59 Å². The number of carbonyl (C=O) groups excluding carboxylic acids is 2.